The maximum atomic E-state index is 12.5. The average molecular weight is 317 g/mol. The first kappa shape index (κ1) is 15.5. The zero-order chi connectivity index (χ0) is 16.4. The summed E-state index contributed by atoms with van der Waals surface area (Å²) in [7, 11) is 0. The Morgan fingerprint density at radius 1 is 1.39 bits per heavy atom. The van der Waals surface area contributed by atoms with Gasteiger partial charge >= 0.3 is 5.97 Å². The Bertz CT molecular complexity index is 646. The number of esters is 1. The molecule has 1 aromatic heterocycles. The predicted molar refractivity (Wildman–Crippen MR) is 80.4 cm³/mol. The van der Waals surface area contributed by atoms with E-state index in [9.17, 15) is 14.4 Å². The number of pyridine rings is 1. The summed E-state index contributed by atoms with van der Waals surface area (Å²) in [4.78, 5) is 41.1. The van der Waals surface area contributed by atoms with Crippen LogP contribution in [0, 0.1) is 5.92 Å². The monoisotopic (exact) mass is 317 g/mol. The second kappa shape index (κ2) is 6.36. The highest BCUT2D eigenvalue weighted by Gasteiger charge is 2.35. The minimum atomic E-state index is -0.557. The third-order valence-corrected chi connectivity index (χ3v) is 4.45. The Labute approximate surface area is 133 Å². The first-order valence-electron chi connectivity index (χ1n) is 7.75. The molecule has 7 heteroatoms. The van der Waals surface area contributed by atoms with E-state index >= 15 is 0 Å². The molecule has 2 atom stereocenters. The summed E-state index contributed by atoms with van der Waals surface area (Å²) in [6, 6.07) is 3.61. The Balaban J connectivity index is 1.75. The van der Waals surface area contributed by atoms with Crippen LogP contribution in [0.2, 0.25) is 0 Å². The number of rotatable bonds is 3. The van der Waals surface area contributed by atoms with Gasteiger partial charge in [0.15, 0.2) is 0 Å². The van der Waals surface area contributed by atoms with Gasteiger partial charge in [-0.05, 0) is 24.5 Å². The number of aromatic nitrogens is 1. The number of nitrogens with zero attached hydrogens (tertiary/aromatic N) is 2. The molecule has 0 radical (unpaired) electrons. The van der Waals surface area contributed by atoms with Crippen LogP contribution in [0.1, 0.15) is 41.2 Å². The molecule has 122 valence electrons. The molecule has 0 aromatic carbocycles. The summed E-state index contributed by atoms with van der Waals surface area (Å²) in [6.07, 6.45) is 3.40. The van der Waals surface area contributed by atoms with Crippen molar-refractivity contribution >= 4 is 17.8 Å². The highest BCUT2D eigenvalue weighted by molar-refractivity contribution is 5.92. The highest BCUT2D eigenvalue weighted by Crippen LogP contribution is 2.30. The predicted octanol–water partition coefficient (Wildman–Crippen LogP) is 0.450. The fraction of sp³-hybridized carbons (Fsp3) is 0.500. The largest absolute Gasteiger partial charge is 0.465 e. The number of primary amides is 1. The average Bonchev–Trinajstić information content (AvgIpc) is 3.00. The van der Waals surface area contributed by atoms with Gasteiger partial charge in [0.05, 0.1) is 12.3 Å². The summed E-state index contributed by atoms with van der Waals surface area (Å²) in [6.45, 7) is 1.33. The topological polar surface area (TPSA) is 103 Å². The van der Waals surface area contributed by atoms with Crippen LogP contribution in [-0.2, 0) is 14.3 Å². The molecule has 2 amide bonds. The van der Waals surface area contributed by atoms with E-state index in [-0.39, 0.29) is 42.4 Å². The molecule has 0 unspecified atom stereocenters. The fourth-order valence-corrected chi connectivity index (χ4v) is 3.31. The van der Waals surface area contributed by atoms with E-state index in [4.69, 9.17) is 10.5 Å². The van der Waals surface area contributed by atoms with Crippen molar-refractivity contribution in [2.24, 2.45) is 11.7 Å². The third-order valence-electron chi connectivity index (χ3n) is 4.45. The minimum Gasteiger partial charge on any atom is -0.465 e. The smallest absolute Gasteiger partial charge is 0.306 e. The maximum absolute atomic E-state index is 12.5. The molecule has 23 heavy (non-hydrogen) atoms. The number of cyclic esters (lactones) is 1. The molecule has 3 rings (SSSR count). The van der Waals surface area contributed by atoms with Crippen molar-refractivity contribution in [3.05, 3.63) is 29.6 Å². The van der Waals surface area contributed by atoms with E-state index in [1.165, 1.54) is 6.20 Å². The summed E-state index contributed by atoms with van der Waals surface area (Å²) in [5, 5.41) is 0. The standard InChI is InChI=1S/C16H19N3O4/c17-15(21)14-12(4-1-5-18-14)10-3-2-6-19(8-10)16(22)11-7-13(20)23-9-11/h1,4-5,10-11H,2-3,6-9H2,(H2,17,21)/t10-,11-/m1/s1. The van der Waals surface area contributed by atoms with Gasteiger partial charge in [-0.25, -0.2) is 0 Å². The molecule has 0 spiro atoms. The molecule has 2 aliphatic rings. The lowest BCUT2D eigenvalue weighted by Gasteiger charge is -2.34. The summed E-state index contributed by atoms with van der Waals surface area (Å²) in [5.41, 5.74) is 6.45. The van der Waals surface area contributed by atoms with Crippen LogP contribution >= 0.6 is 0 Å². The van der Waals surface area contributed by atoms with Gasteiger partial charge in [0, 0.05) is 25.2 Å². The van der Waals surface area contributed by atoms with E-state index in [1.807, 2.05) is 6.07 Å². The second-order valence-corrected chi connectivity index (χ2v) is 6.01. The Morgan fingerprint density at radius 2 is 2.22 bits per heavy atom. The Kier molecular flexibility index (Phi) is 4.27. The lowest BCUT2D eigenvalue weighted by molar-refractivity contribution is -0.138. The van der Waals surface area contributed by atoms with E-state index in [2.05, 4.69) is 4.98 Å². The van der Waals surface area contributed by atoms with Crippen LogP contribution in [0.25, 0.3) is 0 Å². The molecule has 2 saturated heterocycles. The van der Waals surface area contributed by atoms with Gasteiger partial charge in [-0.2, -0.15) is 0 Å². The number of hydrogen-bond donors (Lipinski definition) is 1. The van der Waals surface area contributed by atoms with Crippen LogP contribution < -0.4 is 5.73 Å². The Hall–Kier alpha value is -2.44. The number of likely N-dealkylation sites (tertiary alicyclic amines) is 1. The number of carbonyl (C=O) groups is 3. The van der Waals surface area contributed by atoms with Crippen molar-refractivity contribution in [2.45, 2.75) is 25.2 Å². The number of hydrogen-bond acceptors (Lipinski definition) is 5. The number of piperidine rings is 1. The molecule has 2 fully saturated rings. The SMILES string of the molecule is NC(=O)c1ncccc1[C@@H]1CCCN(C(=O)[C@H]2COC(=O)C2)C1. The normalized spacial score (nSPS) is 24.3. The minimum absolute atomic E-state index is 0.0296. The third kappa shape index (κ3) is 3.18. The van der Waals surface area contributed by atoms with E-state index < -0.39 is 5.91 Å². The fourth-order valence-electron chi connectivity index (χ4n) is 3.31. The summed E-state index contributed by atoms with van der Waals surface area (Å²) in [5.74, 6) is -1.28. The zero-order valence-electron chi connectivity index (χ0n) is 12.7. The lowest BCUT2D eigenvalue weighted by atomic mass is 9.88. The molecule has 2 aliphatic heterocycles. The van der Waals surface area contributed by atoms with Crippen LogP contribution in [0.15, 0.2) is 18.3 Å². The van der Waals surface area contributed by atoms with Gasteiger partial charge in [0.25, 0.3) is 5.91 Å². The Morgan fingerprint density at radius 3 is 2.91 bits per heavy atom. The van der Waals surface area contributed by atoms with Crippen molar-refractivity contribution < 1.29 is 19.1 Å². The van der Waals surface area contributed by atoms with Crippen molar-refractivity contribution in [2.75, 3.05) is 19.7 Å². The van der Waals surface area contributed by atoms with E-state index in [0.717, 1.165) is 18.4 Å². The molecule has 0 bridgehead atoms. The van der Waals surface area contributed by atoms with Crippen molar-refractivity contribution in [3.63, 3.8) is 0 Å². The quantitative estimate of drug-likeness (QED) is 0.815. The molecule has 1 aromatic rings. The van der Waals surface area contributed by atoms with Gasteiger partial charge < -0.3 is 15.4 Å². The van der Waals surface area contributed by atoms with Crippen LogP contribution in [0.4, 0.5) is 0 Å². The van der Waals surface area contributed by atoms with Gasteiger partial charge in [-0.15, -0.1) is 0 Å². The highest BCUT2D eigenvalue weighted by atomic mass is 16.5. The van der Waals surface area contributed by atoms with E-state index in [1.54, 1.807) is 11.0 Å². The molecule has 3 heterocycles. The van der Waals surface area contributed by atoms with Crippen LogP contribution in [0.5, 0.6) is 0 Å². The van der Waals surface area contributed by atoms with Gasteiger partial charge in [0.2, 0.25) is 5.91 Å². The number of ether oxygens (including phenoxy) is 1. The van der Waals surface area contributed by atoms with Crippen molar-refractivity contribution in [3.8, 4) is 0 Å². The van der Waals surface area contributed by atoms with Gasteiger partial charge in [0.1, 0.15) is 12.3 Å². The number of nitrogens with two attached hydrogens (primary N) is 1. The maximum Gasteiger partial charge on any atom is 0.306 e. The molecular weight excluding hydrogens is 298 g/mol. The van der Waals surface area contributed by atoms with Gasteiger partial charge in [-0.1, -0.05) is 6.07 Å². The summed E-state index contributed by atoms with van der Waals surface area (Å²) < 4.78 is 4.88. The molecular formula is C16H19N3O4. The molecule has 0 saturated carbocycles. The number of carbonyl (C=O) groups excluding carboxylic acids is 3. The van der Waals surface area contributed by atoms with Crippen molar-refractivity contribution in [1.82, 2.24) is 9.88 Å². The second-order valence-electron chi connectivity index (χ2n) is 6.01. The molecule has 0 aliphatic carbocycles. The van der Waals surface area contributed by atoms with Crippen molar-refractivity contribution in [1.29, 1.82) is 0 Å². The lowest BCUT2D eigenvalue weighted by Crippen LogP contribution is -2.43. The molecule has 2 N–H and O–H groups in total. The van der Waals surface area contributed by atoms with Gasteiger partial charge in [-0.3, -0.25) is 19.4 Å². The first-order valence-corrected chi connectivity index (χ1v) is 7.75. The van der Waals surface area contributed by atoms with E-state index in [0.29, 0.717) is 13.1 Å². The first-order chi connectivity index (χ1) is 11.1. The van der Waals surface area contributed by atoms with Crippen LogP contribution in [-0.4, -0.2) is 47.4 Å². The molecule has 7 nitrogen and oxygen atoms in total. The van der Waals surface area contributed by atoms with Crippen LogP contribution in [0.3, 0.4) is 0 Å². The number of amides is 2. The summed E-state index contributed by atoms with van der Waals surface area (Å²) >= 11 is 0. The zero-order valence-corrected chi connectivity index (χ0v) is 12.7.